The Morgan fingerprint density at radius 2 is 1.71 bits per heavy atom. The molecule has 0 radical (unpaired) electrons. The van der Waals surface area contributed by atoms with Crippen LogP contribution in [0.3, 0.4) is 0 Å². The summed E-state index contributed by atoms with van der Waals surface area (Å²) >= 11 is 0. The molecule has 0 aliphatic carbocycles. The summed E-state index contributed by atoms with van der Waals surface area (Å²) in [6.45, 7) is 9.67. The molecule has 1 aromatic rings. The van der Waals surface area contributed by atoms with Crippen LogP contribution in [0.2, 0.25) is 0 Å². The molecule has 1 aromatic carbocycles. The van der Waals surface area contributed by atoms with Gasteiger partial charge in [-0.25, -0.2) is 13.1 Å². The molecule has 0 saturated heterocycles. The normalized spacial score (nSPS) is 12.6. The summed E-state index contributed by atoms with van der Waals surface area (Å²) in [7, 11) is -3.32. The van der Waals surface area contributed by atoms with Crippen molar-refractivity contribution in [1.82, 2.24) is 10.0 Å². The van der Waals surface area contributed by atoms with E-state index in [0.29, 0.717) is 0 Å². The van der Waals surface area contributed by atoms with Crippen molar-refractivity contribution in [2.45, 2.75) is 58.4 Å². The molecule has 4 nitrogen and oxygen atoms in total. The van der Waals surface area contributed by atoms with Crippen LogP contribution in [-0.2, 0) is 22.3 Å². The van der Waals surface area contributed by atoms with Gasteiger partial charge in [0.05, 0.1) is 5.75 Å². The smallest absolute Gasteiger partial charge is 0.216 e. The van der Waals surface area contributed by atoms with E-state index in [1.165, 1.54) is 0 Å². The highest BCUT2D eigenvalue weighted by atomic mass is 32.2. The predicted octanol–water partition coefficient (Wildman–Crippen LogP) is 2.79. The van der Waals surface area contributed by atoms with Crippen molar-refractivity contribution in [3.8, 4) is 0 Å². The molecule has 5 heteroatoms. The van der Waals surface area contributed by atoms with Gasteiger partial charge in [0.1, 0.15) is 0 Å². The third-order valence-corrected chi connectivity index (χ3v) is 5.41. The van der Waals surface area contributed by atoms with E-state index in [0.717, 1.165) is 37.1 Å². The van der Waals surface area contributed by atoms with Gasteiger partial charge < -0.3 is 5.32 Å². The molecule has 0 atom stereocenters. The first kappa shape index (κ1) is 18.1. The molecule has 0 amide bonds. The quantitative estimate of drug-likeness (QED) is 0.737. The Labute approximate surface area is 129 Å². The number of benzene rings is 1. The standard InChI is InChI=1S/C16H28N2O2S/c1-5-16(4,6-2)18-21(19,20)13-15-10-8-9-14(11-15)12-17-7-3/h8-11,17-18H,5-7,12-13H2,1-4H3. The zero-order valence-electron chi connectivity index (χ0n) is 13.6. The molecule has 0 aromatic heterocycles. The zero-order valence-corrected chi connectivity index (χ0v) is 14.4. The minimum Gasteiger partial charge on any atom is -0.313 e. The van der Waals surface area contributed by atoms with Crippen LogP contribution < -0.4 is 10.0 Å². The van der Waals surface area contributed by atoms with Gasteiger partial charge in [-0.1, -0.05) is 45.0 Å². The van der Waals surface area contributed by atoms with E-state index >= 15 is 0 Å². The maximum Gasteiger partial charge on any atom is 0.216 e. The highest BCUT2D eigenvalue weighted by molar-refractivity contribution is 7.88. The number of nitrogens with one attached hydrogen (secondary N) is 2. The summed E-state index contributed by atoms with van der Waals surface area (Å²) in [5.74, 6) is 0.0303. The average molecular weight is 312 g/mol. The van der Waals surface area contributed by atoms with Crippen LogP contribution in [0.5, 0.6) is 0 Å². The highest BCUT2D eigenvalue weighted by Gasteiger charge is 2.26. The average Bonchev–Trinajstić information content (AvgIpc) is 2.44. The summed E-state index contributed by atoms with van der Waals surface area (Å²) in [6.07, 6.45) is 1.56. The number of sulfonamides is 1. The van der Waals surface area contributed by atoms with Gasteiger partial charge in [-0.3, -0.25) is 0 Å². The molecular weight excluding hydrogens is 284 g/mol. The highest BCUT2D eigenvalue weighted by Crippen LogP contribution is 2.17. The van der Waals surface area contributed by atoms with E-state index in [4.69, 9.17) is 0 Å². The third-order valence-electron chi connectivity index (χ3n) is 3.89. The zero-order chi connectivity index (χ0) is 15.9. The van der Waals surface area contributed by atoms with Crippen LogP contribution in [0, 0.1) is 0 Å². The van der Waals surface area contributed by atoms with Crippen LogP contribution in [-0.4, -0.2) is 20.5 Å². The van der Waals surface area contributed by atoms with E-state index in [1.807, 2.05) is 45.0 Å². The summed E-state index contributed by atoms with van der Waals surface area (Å²) in [5, 5.41) is 3.25. The Hall–Kier alpha value is -0.910. The van der Waals surface area contributed by atoms with Crippen molar-refractivity contribution in [3.05, 3.63) is 35.4 Å². The molecule has 0 saturated carbocycles. The third kappa shape index (κ3) is 6.16. The van der Waals surface area contributed by atoms with Crippen molar-refractivity contribution in [1.29, 1.82) is 0 Å². The molecule has 0 bridgehead atoms. The van der Waals surface area contributed by atoms with Crippen LogP contribution in [0.1, 0.15) is 51.7 Å². The predicted molar refractivity (Wildman–Crippen MR) is 88.6 cm³/mol. The van der Waals surface area contributed by atoms with Gasteiger partial charge >= 0.3 is 0 Å². The van der Waals surface area contributed by atoms with Gasteiger partial charge in [0.2, 0.25) is 10.0 Å². The van der Waals surface area contributed by atoms with Crippen molar-refractivity contribution < 1.29 is 8.42 Å². The topological polar surface area (TPSA) is 58.2 Å². The van der Waals surface area contributed by atoms with E-state index in [-0.39, 0.29) is 11.3 Å². The van der Waals surface area contributed by atoms with Crippen LogP contribution in [0.4, 0.5) is 0 Å². The first-order valence-corrected chi connectivity index (χ1v) is 9.29. The maximum absolute atomic E-state index is 12.3. The van der Waals surface area contributed by atoms with Gasteiger partial charge in [-0.2, -0.15) is 0 Å². The second-order valence-electron chi connectivity index (χ2n) is 5.73. The lowest BCUT2D eigenvalue weighted by atomic mass is 9.98. The molecule has 21 heavy (non-hydrogen) atoms. The van der Waals surface area contributed by atoms with Crippen molar-refractivity contribution >= 4 is 10.0 Å². The second-order valence-corrected chi connectivity index (χ2v) is 7.45. The lowest BCUT2D eigenvalue weighted by molar-refractivity contribution is 0.388. The fourth-order valence-corrected chi connectivity index (χ4v) is 3.85. The first-order chi connectivity index (χ1) is 9.84. The Kier molecular flexibility index (Phi) is 6.84. The van der Waals surface area contributed by atoms with Crippen molar-refractivity contribution in [2.24, 2.45) is 0 Å². The van der Waals surface area contributed by atoms with Crippen LogP contribution in [0.25, 0.3) is 0 Å². The molecule has 0 aliphatic heterocycles. The van der Waals surface area contributed by atoms with Gasteiger partial charge in [0, 0.05) is 12.1 Å². The van der Waals surface area contributed by atoms with Gasteiger partial charge in [0.25, 0.3) is 0 Å². The summed E-state index contributed by atoms with van der Waals surface area (Å²) in [6, 6.07) is 7.74. The molecular formula is C16H28N2O2S. The molecule has 0 unspecified atom stereocenters. The molecule has 0 heterocycles. The van der Waals surface area contributed by atoms with Gasteiger partial charge in [-0.05, 0) is 37.4 Å². The molecule has 0 spiro atoms. The number of hydrogen-bond acceptors (Lipinski definition) is 3. The van der Waals surface area contributed by atoms with E-state index < -0.39 is 10.0 Å². The molecule has 0 aliphatic rings. The van der Waals surface area contributed by atoms with E-state index in [2.05, 4.69) is 17.0 Å². The number of hydrogen-bond donors (Lipinski definition) is 2. The maximum atomic E-state index is 12.3. The Morgan fingerprint density at radius 1 is 1.10 bits per heavy atom. The minimum atomic E-state index is -3.32. The fourth-order valence-electron chi connectivity index (χ4n) is 2.12. The molecule has 0 fully saturated rings. The van der Waals surface area contributed by atoms with Gasteiger partial charge in [-0.15, -0.1) is 0 Å². The lowest BCUT2D eigenvalue weighted by Crippen LogP contribution is -2.45. The summed E-state index contributed by atoms with van der Waals surface area (Å²) in [4.78, 5) is 0. The SMILES string of the molecule is CCNCc1cccc(CS(=O)(=O)NC(C)(CC)CC)c1. The summed E-state index contributed by atoms with van der Waals surface area (Å²) < 4.78 is 27.5. The first-order valence-electron chi connectivity index (χ1n) is 7.64. The molecule has 1 rings (SSSR count). The Bertz CT molecular complexity index is 537. The molecule has 2 N–H and O–H groups in total. The Balaban J connectivity index is 2.79. The fraction of sp³-hybridized carbons (Fsp3) is 0.625. The minimum absolute atomic E-state index is 0.0303. The van der Waals surface area contributed by atoms with Crippen molar-refractivity contribution in [2.75, 3.05) is 6.54 Å². The lowest BCUT2D eigenvalue weighted by Gasteiger charge is -2.27. The largest absolute Gasteiger partial charge is 0.313 e. The summed E-state index contributed by atoms with van der Waals surface area (Å²) in [5.41, 5.74) is 1.57. The van der Waals surface area contributed by atoms with Gasteiger partial charge in [0.15, 0.2) is 0 Å². The van der Waals surface area contributed by atoms with E-state index in [9.17, 15) is 8.42 Å². The Morgan fingerprint density at radius 3 is 2.29 bits per heavy atom. The second kappa shape index (κ2) is 7.92. The monoisotopic (exact) mass is 312 g/mol. The number of rotatable bonds is 9. The van der Waals surface area contributed by atoms with Crippen LogP contribution >= 0.6 is 0 Å². The van der Waals surface area contributed by atoms with Crippen molar-refractivity contribution in [3.63, 3.8) is 0 Å². The molecule has 120 valence electrons. The van der Waals surface area contributed by atoms with E-state index in [1.54, 1.807) is 0 Å². The van der Waals surface area contributed by atoms with Crippen LogP contribution in [0.15, 0.2) is 24.3 Å².